The van der Waals surface area contributed by atoms with Gasteiger partial charge in [0.05, 0.1) is 24.0 Å². The molecule has 0 aliphatic rings. The van der Waals surface area contributed by atoms with E-state index in [1.165, 1.54) is 7.11 Å². The summed E-state index contributed by atoms with van der Waals surface area (Å²) in [5, 5.41) is 0. The Kier molecular flexibility index (Phi) is 3.77. The number of rotatable bonds is 3. The van der Waals surface area contributed by atoms with E-state index < -0.39 is 0 Å². The van der Waals surface area contributed by atoms with Crippen molar-refractivity contribution in [3.63, 3.8) is 0 Å². The number of carbonyl (C=O) groups is 1. The van der Waals surface area contributed by atoms with Gasteiger partial charge in [0.1, 0.15) is 0 Å². The van der Waals surface area contributed by atoms with Gasteiger partial charge in [-0.1, -0.05) is 6.07 Å². The quantitative estimate of drug-likeness (QED) is 0.627. The van der Waals surface area contributed by atoms with Gasteiger partial charge in [-0.25, -0.2) is 4.79 Å². The second kappa shape index (κ2) is 4.88. The zero-order valence-corrected chi connectivity index (χ0v) is 10.2. The maximum absolute atomic E-state index is 11.6. The molecular formula is C12H18N2O2. The molecule has 0 bridgehead atoms. The third kappa shape index (κ3) is 2.27. The van der Waals surface area contributed by atoms with Crippen molar-refractivity contribution < 1.29 is 9.53 Å². The first kappa shape index (κ1) is 12.4. The van der Waals surface area contributed by atoms with E-state index in [4.69, 9.17) is 10.5 Å². The van der Waals surface area contributed by atoms with Crippen molar-refractivity contribution in [1.82, 2.24) is 0 Å². The van der Waals surface area contributed by atoms with Crippen LogP contribution >= 0.6 is 0 Å². The van der Waals surface area contributed by atoms with Crippen LogP contribution in [0.3, 0.4) is 0 Å². The molecule has 1 aromatic carbocycles. The highest BCUT2D eigenvalue weighted by Gasteiger charge is 2.18. The summed E-state index contributed by atoms with van der Waals surface area (Å²) in [5.74, 6) is -0.366. The Labute approximate surface area is 96.0 Å². The molecule has 4 heteroatoms. The Morgan fingerprint density at radius 3 is 2.56 bits per heavy atom. The van der Waals surface area contributed by atoms with Crippen LogP contribution < -0.4 is 10.6 Å². The SMILES string of the molecule is COC(=O)c1cccc(N)c1N(C)C(C)C. The highest BCUT2D eigenvalue weighted by molar-refractivity contribution is 5.99. The lowest BCUT2D eigenvalue weighted by molar-refractivity contribution is 0.0601. The number of para-hydroxylation sites is 1. The predicted octanol–water partition coefficient (Wildman–Crippen LogP) is 1.90. The van der Waals surface area contributed by atoms with Gasteiger partial charge in [-0.15, -0.1) is 0 Å². The summed E-state index contributed by atoms with van der Waals surface area (Å²) in [6.45, 7) is 4.07. The normalized spacial score (nSPS) is 10.3. The molecule has 0 saturated carbocycles. The fourth-order valence-electron chi connectivity index (χ4n) is 1.49. The molecule has 0 saturated heterocycles. The highest BCUT2D eigenvalue weighted by atomic mass is 16.5. The van der Waals surface area contributed by atoms with Gasteiger partial charge in [-0.2, -0.15) is 0 Å². The summed E-state index contributed by atoms with van der Waals surface area (Å²) >= 11 is 0. The molecule has 0 atom stereocenters. The lowest BCUT2D eigenvalue weighted by Crippen LogP contribution is -2.28. The standard InChI is InChI=1S/C12H18N2O2/c1-8(2)14(3)11-9(12(15)16-4)6-5-7-10(11)13/h5-8H,13H2,1-4H3. The van der Waals surface area contributed by atoms with Gasteiger partial charge in [0.25, 0.3) is 0 Å². The molecule has 0 unspecified atom stereocenters. The van der Waals surface area contributed by atoms with Crippen molar-refractivity contribution in [1.29, 1.82) is 0 Å². The molecule has 1 aromatic rings. The number of hydrogen-bond donors (Lipinski definition) is 1. The molecule has 0 aromatic heterocycles. The number of hydrogen-bond acceptors (Lipinski definition) is 4. The van der Waals surface area contributed by atoms with Gasteiger partial charge in [-0.05, 0) is 26.0 Å². The summed E-state index contributed by atoms with van der Waals surface area (Å²) in [4.78, 5) is 13.6. The smallest absolute Gasteiger partial charge is 0.340 e. The Morgan fingerprint density at radius 1 is 1.44 bits per heavy atom. The molecule has 0 aliphatic heterocycles. The molecule has 16 heavy (non-hydrogen) atoms. The van der Waals surface area contributed by atoms with Crippen LogP contribution in [0.1, 0.15) is 24.2 Å². The Morgan fingerprint density at radius 2 is 2.06 bits per heavy atom. The second-order valence-corrected chi connectivity index (χ2v) is 3.94. The maximum Gasteiger partial charge on any atom is 0.340 e. The van der Waals surface area contributed by atoms with E-state index >= 15 is 0 Å². The van der Waals surface area contributed by atoms with Crippen molar-refractivity contribution in [2.75, 3.05) is 24.8 Å². The Balaban J connectivity index is 3.29. The van der Waals surface area contributed by atoms with Crippen molar-refractivity contribution in [3.8, 4) is 0 Å². The summed E-state index contributed by atoms with van der Waals surface area (Å²) in [7, 11) is 3.27. The van der Waals surface area contributed by atoms with Crippen LogP contribution in [0.5, 0.6) is 0 Å². The molecule has 0 fully saturated rings. The van der Waals surface area contributed by atoms with Crippen LogP contribution in [0.4, 0.5) is 11.4 Å². The van der Waals surface area contributed by atoms with Crippen LogP contribution in [0, 0.1) is 0 Å². The number of nitrogens with two attached hydrogens (primary N) is 1. The maximum atomic E-state index is 11.6. The van der Waals surface area contributed by atoms with E-state index in [2.05, 4.69) is 0 Å². The fourth-order valence-corrected chi connectivity index (χ4v) is 1.49. The highest BCUT2D eigenvalue weighted by Crippen LogP contribution is 2.28. The number of ether oxygens (including phenoxy) is 1. The third-order valence-electron chi connectivity index (χ3n) is 2.60. The van der Waals surface area contributed by atoms with E-state index in [1.807, 2.05) is 25.8 Å². The van der Waals surface area contributed by atoms with E-state index in [1.54, 1.807) is 18.2 Å². The van der Waals surface area contributed by atoms with Gasteiger partial charge < -0.3 is 15.4 Å². The molecule has 0 amide bonds. The van der Waals surface area contributed by atoms with Crippen LogP contribution in [-0.4, -0.2) is 26.2 Å². The minimum Gasteiger partial charge on any atom is -0.465 e. The van der Waals surface area contributed by atoms with Gasteiger partial charge >= 0.3 is 5.97 Å². The largest absolute Gasteiger partial charge is 0.465 e. The topological polar surface area (TPSA) is 55.6 Å². The number of nitrogen functional groups attached to an aromatic ring is 1. The summed E-state index contributed by atoms with van der Waals surface area (Å²) in [6.07, 6.45) is 0. The summed E-state index contributed by atoms with van der Waals surface area (Å²) < 4.78 is 4.74. The number of benzene rings is 1. The first-order valence-electron chi connectivity index (χ1n) is 5.18. The Bertz CT molecular complexity index is 389. The monoisotopic (exact) mass is 222 g/mol. The van der Waals surface area contributed by atoms with E-state index in [0.29, 0.717) is 11.3 Å². The average molecular weight is 222 g/mol. The molecule has 0 heterocycles. The minimum absolute atomic E-state index is 0.258. The summed E-state index contributed by atoms with van der Waals surface area (Å²) in [6, 6.07) is 5.50. The Hall–Kier alpha value is -1.71. The van der Waals surface area contributed by atoms with Crippen LogP contribution in [-0.2, 0) is 4.74 Å². The van der Waals surface area contributed by atoms with Crippen LogP contribution in [0.2, 0.25) is 0 Å². The van der Waals surface area contributed by atoms with Gasteiger partial charge in [0.15, 0.2) is 0 Å². The first-order valence-corrected chi connectivity index (χ1v) is 5.18. The molecule has 1 rings (SSSR count). The van der Waals surface area contributed by atoms with Crippen molar-refractivity contribution in [2.45, 2.75) is 19.9 Å². The number of esters is 1. The first-order chi connectivity index (χ1) is 7.49. The number of anilines is 2. The molecule has 0 aliphatic carbocycles. The van der Waals surface area contributed by atoms with Gasteiger partial charge in [0, 0.05) is 13.1 Å². The zero-order valence-electron chi connectivity index (χ0n) is 10.2. The van der Waals surface area contributed by atoms with Gasteiger partial charge in [0.2, 0.25) is 0 Å². The van der Waals surface area contributed by atoms with Crippen LogP contribution in [0.15, 0.2) is 18.2 Å². The molecule has 2 N–H and O–H groups in total. The lowest BCUT2D eigenvalue weighted by atomic mass is 10.1. The second-order valence-electron chi connectivity index (χ2n) is 3.94. The summed E-state index contributed by atoms with van der Waals surface area (Å²) in [5.41, 5.74) is 7.71. The average Bonchev–Trinajstić information content (AvgIpc) is 2.26. The lowest BCUT2D eigenvalue weighted by Gasteiger charge is -2.27. The minimum atomic E-state index is -0.366. The molecule has 88 valence electrons. The molecule has 0 spiro atoms. The molecular weight excluding hydrogens is 204 g/mol. The third-order valence-corrected chi connectivity index (χ3v) is 2.60. The van der Waals surface area contributed by atoms with Crippen LogP contribution in [0.25, 0.3) is 0 Å². The predicted molar refractivity (Wildman–Crippen MR) is 65.7 cm³/mol. The number of methoxy groups -OCH3 is 1. The van der Waals surface area contributed by atoms with E-state index in [-0.39, 0.29) is 12.0 Å². The van der Waals surface area contributed by atoms with Crippen molar-refractivity contribution in [3.05, 3.63) is 23.8 Å². The van der Waals surface area contributed by atoms with E-state index in [9.17, 15) is 4.79 Å². The fraction of sp³-hybridized carbons (Fsp3) is 0.417. The zero-order chi connectivity index (χ0) is 12.3. The van der Waals surface area contributed by atoms with Crippen molar-refractivity contribution in [2.24, 2.45) is 0 Å². The molecule has 0 radical (unpaired) electrons. The number of carbonyl (C=O) groups excluding carboxylic acids is 1. The van der Waals surface area contributed by atoms with E-state index in [0.717, 1.165) is 5.69 Å². The van der Waals surface area contributed by atoms with Crippen molar-refractivity contribution >= 4 is 17.3 Å². The van der Waals surface area contributed by atoms with Gasteiger partial charge in [-0.3, -0.25) is 0 Å². The molecule has 4 nitrogen and oxygen atoms in total. The number of nitrogens with zero attached hydrogens (tertiary/aromatic N) is 1.